The number of nitrogens with zero attached hydrogens (tertiary/aromatic N) is 2. The average Bonchev–Trinajstić information content (AvgIpc) is 2.66. The summed E-state index contributed by atoms with van der Waals surface area (Å²) in [5.74, 6) is -0.362. The summed E-state index contributed by atoms with van der Waals surface area (Å²) in [6.45, 7) is 1.15. The van der Waals surface area contributed by atoms with Crippen molar-refractivity contribution in [3.63, 3.8) is 0 Å². The van der Waals surface area contributed by atoms with Crippen molar-refractivity contribution in [2.24, 2.45) is 5.41 Å². The molecule has 0 bridgehead atoms. The standard InChI is InChI=1S/C7H9N2O2/c1-5(10)7(2-3-7)6(11)4-9-8/h2-4H2,1H3/q+1. The van der Waals surface area contributed by atoms with Crippen molar-refractivity contribution in [2.45, 2.75) is 19.8 Å². The molecular weight excluding hydrogens is 144 g/mol. The molecule has 0 N–H and O–H groups in total. The third kappa shape index (κ3) is 1.14. The van der Waals surface area contributed by atoms with Gasteiger partial charge in [-0.25, -0.2) is 0 Å². The lowest BCUT2D eigenvalue weighted by molar-refractivity contribution is -0.132. The molecule has 0 aromatic carbocycles. The number of ketones is 2. The Morgan fingerprint density at radius 2 is 2.09 bits per heavy atom. The molecule has 0 saturated heterocycles. The van der Waals surface area contributed by atoms with Crippen LogP contribution in [0.1, 0.15) is 19.8 Å². The van der Waals surface area contributed by atoms with Crippen molar-refractivity contribution in [1.82, 2.24) is 0 Å². The second-order valence-electron chi connectivity index (χ2n) is 2.86. The van der Waals surface area contributed by atoms with Crippen LogP contribution in [0.3, 0.4) is 0 Å². The summed E-state index contributed by atoms with van der Waals surface area (Å²) < 4.78 is 0. The van der Waals surface area contributed by atoms with Crippen LogP contribution in [-0.2, 0) is 9.59 Å². The molecule has 0 aromatic rings. The zero-order valence-corrected chi connectivity index (χ0v) is 6.33. The monoisotopic (exact) mass is 153 g/mol. The summed E-state index contributed by atoms with van der Waals surface area (Å²) in [6.07, 6.45) is 1.24. The van der Waals surface area contributed by atoms with Crippen molar-refractivity contribution < 1.29 is 9.59 Å². The van der Waals surface area contributed by atoms with Crippen LogP contribution in [0.15, 0.2) is 0 Å². The summed E-state index contributed by atoms with van der Waals surface area (Å²) >= 11 is 0. The van der Waals surface area contributed by atoms with E-state index in [1.807, 2.05) is 0 Å². The molecule has 1 aliphatic rings. The minimum Gasteiger partial charge on any atom is -0.299 e. The first-order chi connectivity index (χ1) is 5.13. The van der Waals surface area contributed by atoms with Crippen molar-refractivity contribution >= 4 is 11.6 Å². The third-order valence-corrected chi connectivity index (χ3v) is 2.17. The molecule has 1 rings (SSSR count). The Hall–Kier alpha value is -1.24. The predicted octanol–water partition coefficient (Wildman–Crippen LogP) is 0.778. The molecule has 0 unspecified atom stereocenters. The van der Waals surface area contributed by atoms with E-state index >= 15 is 0 Å². The van der Waals surface area contributed by atoms with Gasteiger partial charge in [0.15, 0.2) is 0 Å². The van der Waals surface area contributed by atoms with E-state index in [9.17, 15) is 9.59 Å². The maximum Gasteiger partial charge on any atom is 0.363 e. The lowest BCUT2D eigenvalue weighted by Crippen LogP contribution is -2.25. The van der Waals surface area contributed by atoms with Crippen molar-refractivity contribution in [1.29, 1.82) is 5.39 Å². The molecule has 0 aliphatic heterocycles. The molecule has 4 nitrogen and oxygen atoms in total. The Labute approximate surface area is 64.2 Å². The Morgan fingerprint density at radius 1 is 1.55 bits per heavy atom. The SMILES string of the molecule is CC(=O)C1(C(=O)C[N+]#N)CC1. The molecule has 0 aromatic heterocycles. The molecule has 4 heteroatoms. The van der Waals surface area contributed by atoms with E-state index in [-0.39, 0.29) is 18.1 Å². The highest BCUT2D eigenvalue weighted by Gasteiger charge is 2.55. The highest BCUT2D eigenvalue weighted by Crippen LogP contribution is 2.47. The van der Waals surface area contributed by atoms with Gasteiger partial charge < -0.3 is 0 Å². The van der Waals surface area contributed by atoms with Crippen LogP contribution in [0, 0.1) is 10.8 Å². The number of carbonyl (C=O) groups is 2. The second-order valence-corrected chi connectivity index (χ2v) is 2.86. The number of Topliss-reactive ketones (excluding diaryl/α,β-unsaturated/α-hetero) is 2. The van der Waals surface area contributed by atoms with Crippen LogP contribution < -0.4 is 0 Å². The smallest absolute Gasteiger partial charge is 0.299 e. The van der Waals surface area contributed by atoms with Crippen LogP contribution in [-0.4, -0.2) is 18.1 Å². The highest BCUT2D eigenvalue weighted by molar-refractivity contribution is 6.09. The first-order valence-electron chi connectivity index (χ1n) is 3.49. The first kappa shape index (κ1) is 7.86. The predicted molar refractivity (Wildman–Crippen MR) is 37.3 cm³/mol. The van der Waals surface area contributed by atoms with Crippen LogP contribution in [0.2, 0.25) is 0 Å². The van der Waals surface area contributed by atoms with Crippen LogP contribution in [0.5, 0.6) is 0 Å². The Kier molecular flexibility index (Phi) is 1.73. The third-order valence-electron chi connectivity index (χ3n) is 2.17. The van der Waals surface area contributed by atoms with E-state index in [1.54, 1.807) is 0 Å². The molecule has 0 radical (unpaired) electrons. The van der Waals surface area contributed by atoms with Gasteiger partial charge in [-0.1, -0.05) is 0 Å². The maximum absolute atomic E-state index is 11.1. The van der Waals surface area contributed by atoms with Gasteiger partial charge in [0.1, 0.15) is 10.8 Å². The van der Waals surface area contributed by atoms with Gasteiger partial charge in [-0.05, 0) is 19.8 Å². The van der Waals surface area contributed by atoms with Crippen LogP contribution in [0.25, 0.3) is 4.98 Å². The van der Waals surface area contributed by atoms with E-state index in [4.69, 9.17) is 5.39 Å². The summed E-state index contributed by atoms with van der Waals surface area (Å²) in [5, 5.41) is 8.10. The number of diazo groups is 1. The molecule has 1 aliphatic carbocycles. The Bertz CT molecular complexity index is 248. The minimum atomic E-state index is -0.772. The topological polar surface area (TPSA) is 62.3 Å². The molecule has 0 amide bonds. The van der Waals surface area contributed by atoms with Gasteiger partial charge in [-0.3, -0.25) is 9.59 Å². The number of hydrogen-bond acceptors (Lipinski definition) is 3. The van der Waals surface area contributed by atoms with E-state index in [0.29, 0.717) is 12.8 Å². The lowest BCUT2D eigenvalue weighted by Gasteiger charge is -2.01. The molecule has 1 fully saturated rings. The summed E-state index contributed by atoms with van der Waals surface area (Å²) in [5.41, 5.74) is -0.772. The van der Waals surface area contributed by atoms with E-state index in [1.165, 1.54) is 6.92 Å². The normalized spacial score (nSPS) is 18.5. The quantitative estimate of drug-likeness (QED) is 0.444. The average molecular weight is 153 g/mol. The second kappa shape index (κ2) is 2.42. The summed E-state index contributed by atoms with van der Waals surface area (Å²) in [4.78, 5) is 24.7. The van der Waals surface area contributed by atoms with Crippen LogP contribution >= 0.6 is 0 Å². The Balaban J connectivity index is 2.68. The van der Waals surface area contributed by atoms with Crippen molar-refractivity contribution in [3.8, 4) is 0 Å². The molecule has 58 valence electrons. The van der Waals surface area contributed by atoms with E-state index in [2.05, 4.69) is 4.98 Å². The molecule has 0 heterocycles. The molecule has 11 heavy (non-hydrogen) atoms. The van der Waals surface area contributed by atoms with Crippen LogP contribution in [0.4, 0.5) is 0 Å². The van der Waals surface area contributed by atoms with Gasteiger partial charge in [-0.15, -0.1) is 0 Å². The Morgan fingerprint density at radius 3 is 2.36 bits per heavy atom. The van der Waals surface area contributed by atoms with Gasteiger partial charge in [-0.2, -0.15) is 0 Å². The number of carbonyl (C=O) groups excluding carboxylic acids is 2. The van der Waals surface area contributed by atoms with Gasteiger partial charge in [0.2, 0.25) is 11.2 Å². The van der Waals surface area contributed by atoms with Gasteiger partial charge in [0, 0.05) is 0 Å². The lowest BCUT2D eigenvalue weighted by atomic mass is 9.97. The molecule has 0 atom stereocenters. The fourth-order valence-electron chi connectivity index (χ4n) is 1.17. The molecule has 0 spiro atoms. The van der Waals surface area contributed by atoms with Gasteiger partial charge >= 0.3 is 6.54 Å². The van der Waals surface area contributed by atoms with Gasteiger partial charge in [0.05, 0.1) is 5.41 Å². The minimum absolute atomic E-state index is 0.105. The van der Waals surface area contributed by atoms with E-state index in [0.717, 1.165) is 0 Å². The maximum atomic E-state index is 11.1. The zero-order chi connectivity index (χ0) is 8.48. The summed E-state index contributed by atoms with van der Waals surface area (Å²) in [6, 6.07) is 0. The zero-order valence-electron chi connectivity index (χ0n) is 6.33. The fraction of sp³-hybridized carbons (Fsp3) is 0.714. The number of hydrogen-bond donors (Lipinski definition) is 0. The fourth-order valence-corrected chi connectivity index (χ4v) is 1.17. The van der Waals surface area contributed by atoms with Gasteiger partial charge in [0.25, 0.3) is 0 Å². The molecule has 1 saturated carbocycles. The van der Waals surface area contributed by atoms with Crippen molar-refractivity contribution in [3.05, 3.63) is 4.98 Å². The highest BCUT2D eigenvalue weighted by atomic mass is 16.2. The van der Waals surface area contributed by atoms with E-state index < -0.39 is 5.41 Å². The first-order valence-corrected chi connectivity index (χ1v) is 3.49. The largest absolute Gasteiger partial charge is 0.363 e. The summed E-state index contributed by atoms with van der Waals surface area (Å²) in [7, 11) is 0. The van der Waals surface area contributed by atoms with Crippen molar-refractivity contribution in [2.75, 3.05) is 6.54 Å². The molecular formula is C7H9N2O2+. The number of rotatable bonds is 3.